The van der Waals surface area contributed by atoms with Crippen LogP contribution in [0.3, 0.4) is 0 Å². The van der Waals surface area contributed by atoms with Gasteiger partial charge < -0.3 is 10.1 Å². The number of halogens is 1. The van der Waals surface area contributed by atoms with Gasteiger partial charge in [-0.15, -0.1) is 11.3 Å². The molecule has 1 N–H and O–H groups in total. The Morgan fingerprint density at radius 2 is 2.06 bits per heavy atom. The van der Waals surface area contributed by atoms with Gasteiger partial charge in [0, 0.05) is 27.3 Å². The van der Waals surface area contributed by atoms with Gasteiger partial charge in [0.1, 0.15) is 5.75 Å². The summed E-state index contributed by atoms with van der Waals surface area (Å²) in [6, 6.07) is 10.4. The number of aryl methyl sites for hydroxylation is 1. The van der Waals surface area contributed by atoms with Crippen LogP contribution in [0.25, 0.3) is 0 Å². The fourth-order valence-corrected chi connectivity index (χ4v) is 2.96. The van der Waals surface area contributed by atoms with Gasteiger partial charge in [-0.2, -0.15) is 0 Å². The van der Waals surface area contributed by atoms with Crippen LogP contribution in [0.2, 0.25) is 0 Å². The van der Waals surface area contributed by atoms with Crippen molar-refractivity contribution in [2.24, 2.45) is 0 Å². The minimum absolute atomic E-state index is 0.828. The Balaban J connectivity index is 1.93. The third-order valence-electron chi connectivity index (χ3n) is 2.66. The van der Waals surface area contributed by atoms with Crippen LogP contribution in [0.15, 0.2) is 34.8 Å². The quantitative estimate of drug-likeness (QED) is 0.892. The van der Waals surface area contributed by atoms with Crippen molar-refractivity contribution in [1.29, 1.82) is 0 Å². The third-order valence-corrected chi connectivity index (χ3v) is 4.44. The molecular weight excluding hydrogens is 310 g/mol. The molecule has 18 heavy (non-hydrogen) atoms. The highest BCUT2D eigenvalue weighted by Gasteiger charge is 2.02. The molecule has 0 bridgehead atoms. The zero-order chi connectivity index (χ0) is 13.0. The van der Waals surface area contributed by atoms with Crippen molar-refractivity contribution < 1.29 is 4.74 Å². The number of thiophene rings is 1. The molecule has 2 aromatic rings. The molecule has 4 heteroatoms. The average molecular weight is 326 g/mol. The SMILES string of the molecule is COc1ccc(Br)c(CNCc2ccc(C)s2)c1. The van der Waals surface area contributed by atoms with E-state index in [1.807, 2.05) is 23.5 Å². The van der Waals surface area contributed by atoms with Gasteiger partial charge in [-0.1, -0.05) is 15.9 Å². The Hall–Kier alpha value is -0.840. The summed E-state index contributed by atoms with van der Waals surface area (Å²) in [6.45, 7) is 3.86. The van der Waals surface area contributed by atoms with E-state index in [4.69, 9.17) is 4.74 Å². The molecule has 0 aliphatic carbocycles. The highest BCUT2D eigenvalue weighted by Crippen LogP contribution is 2.22. The van der Waals surface area contributed by atoms with E-state index in [0.717, 1.165) is 23.3 Å². The first-order valence-electron chi connectivity index (χ1n) is 5.77. The fraction of sp³-hybridized carbons (Fsp3) is 0.286. The van der Waals surface area contributed by atoms with E-state index in [2.05, 4.69) is 46.4 Å². The summed E-state index contributed by atoms with van der Waals surface area (Å²) in [4.78, 5) is 2.72. The highest BCUT2D eigenvalue weighted by atomic mass is 79.9. The van der Waals surface area contributed by atoms with Crippen molar-refractivity contribution in [2.75, 3.05) is 7.11 Å². The van der Waals surface area contributed by atoms with Crippen LogP contribution in [0, 0.1) is 6.92 Å². The van der Waals surface area contributed by atoms with Gasteiger partial charge in [-0.3, -0.25) is 0 Å². The van der Waals surface area contributed by atoms with Crippen LogP contribution < -0.4 is 10.1 Å². The van der Waals surface area contributed by atoms with E-state index in [-0.39, 0.29) is 0 Å². The first-order valence-corrected chi connectivity index (χ1v) is 7.38. The molecule has 0 aliphatic rings. The standard InChI is InChI=1S/C14H16BrNOS/c1-10-3-5-13(18-10)9-16-8-11-7-12(17-2)4-6-14(11)15/h3-7,16H,8-9H2,1-2H3. The average Bonchev–Trinajstić information content (AvgIpc) is 2.77. The van der Waals surface area contributed by atoms with E-state index in [1.54, 1.807) is 7.11 Å². The zero-order valence-corrected chi connectivity index (χ0v) is 12.9. The summed E-state index contributed by atoms with van der Waals surface area (Å²) in [5, 5.41) is 3.45. The minimum Gasteiger partial charge on any atom is -0.497 e. The van der Waals surface area contributed by atoms with Crippen molar-refractivity contribution in [1.82, 2.24) is 5.32 Å². The number of benzene rings is 1. The smallest absolute Gasteiger partial charge is 0.119 e. The van der Waals surface area contributed by atoms with Crippen LogP contribution in [0.1, 0.15) is 15.3 Å². The predicted octanol–water partition coefficient (Wildman–Crippen LogP) is 4.12. The van der Waals surface area contributed by atoms with E-state index in [0.29, 0.717) is 0 Å². The lowest BCUT2D eigenvalue weighted by molar-refractivity contribution is 0.414. The largest absolute Gasteiger partial charge is 0.497 e. The van der Waals surface area contributed by atoms with E-state index >= 15 is 0 Å². The maximum absolute atomic E-state index is 5.23. The molecule has 1 aromatic heterocycles. The lowest BCUT2D eigenvalue weighted by Gasteiger charge is -2.08. The van der Waals surface area contributed by atoms with E-state index < -0.39 is 0 Å². The van der Waals surface area contributed by atoms with Crippen LogP contribution >= 0.6 is 27.3 Å². The molecule has 96 valence electrons. The number of ether oxygens (including phenoxy) is 1. The highest BCUT2D eigenvalue weighted by molar-refractivity contribution is 9.10. The number of nitrogens with one attached hydrogen (secondary N) is 1. The second-order valence-corrected chi connectivity index (χ2v) is 6.30. The second kappa shape index (κ2) is 6.36. The van der Waals surface area contributed by atoms with Gasteiger partial charge in [0.25, 0.3) is 0 Å². The van der Waals surface area contributed by atoms with Crippen molar-refractivity contribution in [3.63, 3.8) is 0 Å². The molecule has 0 amide bonds. The molecule has 0 radical (unpaired) electrons. The zero-order valence-electron chi connectivity index (χ0n) is 10.5. The summed E-state index contributed by atoms with van der Waals surface area (Å²) >= 11 is 5.39. The van der Waals surface area contributed by atoms with Gasteiger partial charge in [0.05, 0.1) is 7.11 Å². The first kappa shape index (κ1) is 13.6. The third kappa shape index (κ3) is 3.57. The van der Waals surface area contributed by atoms with E-state index in [1.165, 1.54) is 15.3 Å². The molecule has 1 heterocycles. The maximum atomic E-state index is 5.23. The molecule has 0 spiro atoms. The number of rotatable bonds is 5. The monoisotopic (exact) mass is 325 g/mol. The molecular formula is C14H16BrNOS. The van der Waals surface area contributed by atoms with Gasteiger partial charge in [0.2, 0.25) is 0 Å². The number of methoxy groups -OCH3 is 1. The lowest BCUT2D eigenvalue weighted by Crippen LogP contribution is -2.12. The van der Waals surface area contributed by atoms with Crippen molar-refractivity contribution in [3.8, 4) is 5.75 Å². The summed E-state index contributed by atoms with van der Waals surface area (Å²) in [5.74, 6) is 0.891. The van der Waals surface area contributed by atoms with Gasteiger partial charge in [-0.05, 0) is 42.8 Å². The van der Waals surface area contributed by atoms with Crippen LogP contribution in [0.5, 0.6) is 5.75 Å². The molecule has 2 rings (SSSR count). The molecule has 0 saturated heterocycles. The maximum Gasteiger partial charge on any atom is 0.119 e. The number of hydrogen-bond donors (Lipinski definition) is 1. The lowest BCUT2D eigenvalue weighted by atomic mass is 10.2. The summed E-state index contributed by atoms with van der Waals surface area (Å²) in [5.41, 5.74) is 1.21. The Kier molecular flexibility index (Phi) is 4.80. The fourth-order valence-electron chi connectivity index (χ4n) is 1.71. The van der Waals surface area contributed by atoms with Crippen molar-refractivity contribution in [3.05, 3.63) is 50.1 Å². The molecule has 0 saturated carbocycles. The Morgan fingerprint density at radius 3 is 2.72 bits per heavy atom. The van der Waals surface area contributed by atoms with Gasteiger partial charge >= 0.3 is 0 Å². The van der Waals surface area contributed by atoms with Crippen LogP contribution in [0.4, 0.5) is 0 Å². The molecule has 0 unspecified atom stereocenters. The van der Waals surface area contributed by atoms with Crippen LogP contribution in [-0.4, -0.2) is 7.11 Å². The Labute approximate surface area is 120 Å². The molecule has 0 fully saturated rings. The van der Waals surface area contributed by atoms with Gasteiger partial charge in [-0.25, -0.2) is 0 Å². The Morgan fingerprint density at radius 1 is 1.22 bits per heavy atom. The topological polar surface area (TPSA) is 21.3 Å². The molecule has 1 aromatic carbocycles. The minimum atomic E-state index is 0.828. The van der Waals surface area contributed by atoms with Crippen molar-refractivity contribution >= 4 is 27.3 Å². The summed E-state index contributed by atoms with van der Waals surface area (Å²) in [6.07, 6.45) is 0. The van der Waals surface area contributed by atoms with Crippen LogP contribution in [-0.2, 0) is 13.1 Å². The van der Waals surface area contributed by atoms with Gasteiger partial charge in [0.15, 0.2) is 0 Å². The number of hydrogen-bond acceptors (Lipinski definition) is 3. The molecule has 0 aliphatic heterocycles. The Bertz CT molecular complexity index is 524. The normalized spacial score (nSPS) is 10.6. The molecule has 2 nitrogen and oxygen atoms in total. The van der Waals surface area contributed by atoms with E-state index in [9.17, 15) is 0 Å². The summed E-state index contributed by atoms with van der Waals surface area (Å²) < 4.78 is 6.34. The first-order chi connectivity index (χ1) is 8.69. The van der Waals surface area contributed by atoms with Crippen molar-refractivity contribution in [2.45, 2.75) is 20.0 Å². The summed E-state index contributed by atoms with van der Waals surface area (Å²) in [7, 11) is 1.69. The second-order valence-electron chi connectivity index (χ2n) is 4.07. The predicted molar refractivity (Wildman–Crippen MR) is 80.3 cm³/mol. The molecule has 0 atom stereocenters.